The number of hydrogen-bond acceptors (Lipinski definition) is 5. The zero-order valence-electron chi connectivity index (χ0n) is 12.0. The first-order chi connectivity index (χ1) is 10.4. The van der Waals surface area contributed by atoms with Crippen molar-refractivity contribution < 1.29 is 38.4 Å². The van der Waals surface area contributed by atoms with E-state index in [0.717, 1.165) is 12.2 Å². The molecule has 0 radical (unpaired) electrons. The van der Waals surface area contributed by atoms with Crippen LogP contribution in [0, 0.1) is 10.8 Å². The number of aliphatic carboxylic acids is 1. The Bertz CT molecular complexity index is 414. The molecule has 8 heteroatoms. The highest BCUT2D eigenvalue weighted by Gasteiger charge is 2.37. The summed E-state index contributed by atoms with van der Waals surface area (Å²) in [6, 6.07) is 0. The summed E-state index contributed by atoms with van der Waals surface area (Å²) in [5.41, 5.74) is -3.85. The van der Waals surface area contributed by atoms with Crippen LogP contribution in [0.25, 0.3) is 0 Å². The van der Waals surface area contributed by atoms with Crippen LogP contribution in [-0.2, 0) is 14.3 Å². The van der Waals surface area contributed by atoms with Crippen LogP contribution < -0.4 is 0 Å². The molecule has 0 saturated carbocycles. The van der Waals surface area contributed by atoms with Crippen molar-refractivity contribution in [3.05, 3.63) is 24.8 Å². The third-order valence-corrected chi connectivity index (χ3v) is 3.22. The number of carbonyl (C=O) groups is 2. The molecular weight excluding hydrogens is 302 g/mol. The average Bonchev–Trinajstić information content (AvgIpc) is 2.53. The molecule has 0 atom stereocenters. The molecule has 0 unspecified atom stereocenters. The third-order valence-electron chi connectivity index (χ3n) is 3.22. The molecule has 0 aromatic carbocycles. The number of carboxylic acids is 1. The molecule has 0 bridgehead atoms. The van der Waals surface area contributed by atoms with Gasteiger partial charge in [-0.1, -0.05) is 18.2 Å². The molecule has 0 spiro atoms. The Morgan fingerprint density at radius 1 is 1.14 bits per heavy atom. The molecule has 0 saturated heterocycles. The highest BCUT2D eigenvalue weighted by molar-refractivity contribution is 5.79. The number of ether oxygens (including phenoxy) is 1. The maximum Gasteiger partial charge on any atom is 0.320 e. The van der Waals surface area contributed by atoms with Crippen LogP contribution in [0.2, 0.25) is 0 Å². The predicted molar refractivity (Wildman–Crippen MR) is 73.5 cm³/mol. The molecule has 126 valence electrons. The van der Waals surface area contributed by atoms with Crippen molar-refractivity contribution in [2.24, 2.45) is 10.8 Å². The van der Waals surface area contributed by atoms with E-state index >= 15 is 0 Å². The number of hydrogen-bond donors (Lipinski definition) is 3. The molecule has 0 aliphatic heterocycles. The summed E-state index contributed by atoms with van der Waals surface area (Å²) >= 11 is 0. The van der Waals surface area contributed by atoms with Crippen molar-refractivity contribution in [1.82, 2.24) is 0 Å². The molecule has 0 rings (SSSR count). The Labute approximate surface area is 126 Å². The smallest absolute Gasteiger partial charge is 0.320 e. The number of esters is 1. The van der Waals surface area contributed by atoms with Gasteiger partial charge in [-0.15, -0.1) is 6.58 Å². The molecule has 0 aromatic rings. The second-order valence-corrected chi connectivity index (χ2v) is 4.73. The van der Waals surface area contributed by atoms with Crippen LogP contribution >= 0.6 is 0 Å². The monoisotopic (exact) mass is 322 g/mol. The number of aliphatic hydroxyl groups excluding tert-OH is 2. The number of alkyl halides is 2. The van der Waals surface area contributed by atoms with Gasteiger partial charge in [-0.05, 0) is 6.42 Å². The fourth-order valence-corrected chi connectivity index (χ4v) is 1.37. The van der Waals surface area contributed by atoms with Gasteiger partial charge in [0, 0.05) is 0 Å². The van der Waals surface area contributed by atoms with Gasteiger partial charge in [0.05, 0.1) is 19.8 Å². The van der Waals surface area contributed by atoms with Gasteiger partial charge in [0.15, 0.2) is 0 Å². The first-order valence-corrected chi connectivity index (χ1v) is 6.43. The summed E-state index contributed by atoms with van der Waals surface area (Å²) in [6.07, 6.45) is 3.15. The van der Waals surface area contributed by atoms with Crippen LogP contribution in [0.1, 0.15) is 6.42 Å². The van der Waals surface area contributed by atoms with Gasteiger partial charge in [0.25, 0.3) is 0 Å². The molecule has 6 nitrogen and oxygen atoms in total. The van der Waals surface area contributed by atoms with E-state index in [9.17, 15) is 18.4 Å². The minimum Gasteiger partial charge on any atom is -0.480 e. The fraction of sp³-hybridized carbons (Fsp3) is 0.571. The number of aliphatic hydroxyl groups is 2. The lowest BCUT2D eigenvalue weighted by molar-refractivity contribution is -0.157. The van der Waals surface area contributed by atoms with E-state index < -0.39 is 49.3 Å². The topological polar surface area (TPSA) is 104 Å². The molecule has 0 fully saturated rings. The van der Waals surface area contributed by atoms with Crippen molar-refractivity contribution in [3.63, 3.8) is 0 Å². The van der Waals surface area contributed by atoms with Gasteiger partial charge in [-0.2, -0.15) is 0 Å². The van der Waals surface area contributed by atoms with Gasteiger partial charge >= 0.3 is 11.9 Å². The van der Waals surface area contributed by atoms with E-state index in [-0.39, 0.29) is 13.0 Å². The maximum absolute atomic E-state index is 12.7. The quantitative estimate of drug-likeness (QED) is 0.293. The first kappa shape index (κ1) is 20.2. The zero-order chi connectivity index (χ0) is 17.2. The summed E-state index contributed by atoms with van der Waals surface area (Å²) in [4.78, 5) is 22.5. The Hall–Kier alpha value is -1.80. The summed E-state index contributed by atoms with van der Waals surface area (Å²) in [5, 5.41) is 27.0. The van der Waals surface area contributed by atoms with Crippen molar-refractivity contribution >= 4 is 11.9 Å². The maximum atomic E-state index is 12.7. The van der Waals surface area contributed by atoms with Crippen molar-refractivity contribution in [2.45, 2.75) is 6.42 Å². The molecule has 22 heavy (non-hydrogen) atoms. The van der Waals surface area contributed by atoms with Crippen LogP contribution in [0.4, 0.5) is 8.78 Å². The fourth-order valence-electron chi connectivity index (χ4n) is 1.37. The second kappa shape index (κ2) is 9.26. The molecule has 3 N–H and O–H groups in total. The number of halogens is 2. The van der Waals surface area contributed by atoms with E-state index in [0.29, 0.717) is 0 Å². The normalized spacial score (nSPS) is 12.4. The SMILES string of the molecule is C=CC(CO)(CO)C(=O)OCC/C=C/C(CF)(CF)C(=O)O. The Kier molecular flexibility index (Phi) is 8.51. The van der Waals surface area contributed by atoms with Gasteiger partial charge < -0.3 is 20.1 Å². The van der Waals surface area contributed by atoms with Crippen LogP contribution in [0.5, 0.6) is 0 Å². The summed E-state index contributed by atoms with van der Waals surface area (Å²) in [7, 11) is 0. The predicted octanol–water partition coefficient (Wildman–Crippen LogP) is 0.643. The Balaban J connectivity index is 4.55. The van der Waals surface area contributed by atoms with Crippen LogP contribution in [-0.4, -0.2) is 60.4 Å². The van der Waals surface area contributed by atoms with Crippen molar-refractivity contribution in [3.8, 4) is 0 Å². The second-order valence-electron chi connectivity index (χ2n) is 4.73. The molecular formula is C14H20F2O6. The largest absolute Gasteiger partial charge is 0.480 e. The van der Waals surface area contributed by atoms with Gasteiger partial charge in [0.1, 0.15) is 24.2 Å². The van der Waals surface area contributed by atoms with Gasteiger partial charge in [-0.3, -0.25) is 9.59 Å². The van der Waals surface area contributed by atoms with Crippen LogP contribution in [0.15, 0.2) is 24.8 Å². The van der Waals surface area contributed by atoms with E-state index in [1.807, 2.05) is 0 Å². The summed E-state index contributed by atoms with van der Waals surface area (Å²) in [6.45, 7) is -1.05. The summed E-state index contributed by atoms with van der Waals surface area (Å²) in [5.74, 6) is -2.53. The average molecular weight is 322 g/mol. The number of rotatable bonds is 11. The van der Waals surface area contributed by atoms with E-state index in [2.05, 4.69) is 6.58 Å². The number of carboxylic acid groups (broad SMARTS) is 1. The van der Waals surface area contributed by atoms with Crippen molar-refractivity contribution in [2.75, 3.05) is 33.2 Å². The standard InChI is InChI=1S/C14H20F2O6/c1-2-13(9-17,10-18)12(21)22-6-4-3-5-14(7-15,8-16)11(19)20/h2-3,5,17-18H,1,4,6-10H2,(H,19,20)/b5-3+. The van der Waals surface area contributed by atoms with E-state index in [4.69, 9.17) is 20.1 Å². The molecule has 0 aromatic heterocycles. The highest BCUT2D eigenvalue weighted by atomic mass is 19.1. The Morgan fingerprint density at radius 3 is 2.05 bits per heavy atom. The zero-order valence-corrected chi connectivity index (χ0v) is 12.0. The number of carbonyl (C=O) groups excluding carboxylic acids is 1. The van der Waals surface area contributed by atoms with E-state index in [1.54, 1.807) is 0 Å². The summed E-state index contributed by atoms with van der Waals surface area (Å²) < 4.78 is 30.1. The minimum atomic E-state index is -2.23. The molecule has 0 aliphatic carbocycles. The molecule has 0 heterocycles. The lowest BCUT2D eigenvalue weighted by Gasteiger charge is -2.23. The highest BCUT2D eigenvalue weighted by Crippen LogP contribution is 2.22. The minimum absolute atomic E-state index is 0.0187. The third kappa shape index (κ3) is 4.60. The van der Waals surface area contributed by atoms with Crippen LogP contribution in [0.3, 0.4) is 0 Å². The van der Waals surface area contributed by atoms with E-state index in [1.165, 1.54) is 6.08 Å². The Morgan fingerprint density at radius 2 is 1.68 bits per heavy atom. The first-order valence-electron chi connectivity index (χ1n) is 6.43. The molecule has 0 aliphatic rings. The molecule has 0 amide bonds. The lowest BCUT2D eigenvalue weighted by atomic mass is 9.90. The van der Waals surface area contributed by atoms with Gasteiger partial charge in [-0.25, -0.2) is 8.78 Å². The van der Waals surface area contributed by atoms with Crippen molar-refractivity contribution in [1.29, 1.82) is 0 Å². The van der Waals surface area contributed by atoms with Gasteiger partial charge in [0.2, 0.25) is 0 Å². The lowest BCUT2D eigenvalue weighted by Crippen LogP contribution is -2.38.